The summed E-state index contributed by atoms with van der Waals surface area (Å²) in [6, 6.07) is 9.75. The molecule has 0 amide bonds. The quantitative estimate of drug-likeness (QED) is 0.286. The van der Waals surface area contributed by atoms with Crippen molar-refractivity contribution in [3.63, 3.8) is 0 Å². The van der Waals surface area contributed by atoms with Gasteiger partial charge in [-0.15, -0.1) is 22.7 Å². The van der Waals surface area contributed by atoms with Crippen LogP contribution in [0.3, 0.4) is 0 Å². The van der Waals surface area contributed by atoms with Gasteiger partial charge in [-0.05, 0) is 23.6 Å². The number of nitro benzene ring substituents is 1. The number of ether oxygens (including phenoxy) is 1. The van der Waals surface area contributed by atoms with Gasteiger partial charge in [-0.3, -0.25) is 10.1 Å². The Labute approximate surface area is 153 Å². The number of nitro groups is 1. The number of nitrogens with zero attached hydrogens (tertiary/aromatic N) is 3. The topological polar surface area (TPSA) is 108 Å². The smallest absolute Gasteiger partial charge is 0.348 e. The lowest BCUT2D eigenvalue weighted by Gasteiger charge is -1.98. The molecule has 0 aliphatic heterocycles. The first kappa shape index (κ1) is 16.4. The number of carbonyl (C=O) groups is 1. The molecule has 26 heavy (non-hydrogen) atoms. The van der Waals surface area contributed by atoms with Crippen LogP contribution in [-0.4, -0.2) is 21.0 Å². The van der Waals surface area contributed by atoms with Gasteiger partial charge in [-0.2, -0.15) is 4.98 Å². The molecule has 10 heteroatoms. The monoisotopic (exact) mass is 387 g/mol. The lowest BCUT2D eigenvalue weighted by molar-refractivity contribution is -0.384. The van der Waals surface area contributed by atoms with E-state index in [4.69, 9.17) is 9.26 Å². The summed E-state index contributed by atoms with van der Waals surface area (Å²) in [4.78, 5) is 27.9. The number of fused-ring (bicyclic) bond motifs is 1. The fraction of sp³-hybridized carbons (Fsp3) is 0.0625. The van der Waals surface area contributed by atoms with Crippen molar-refractivity contribution in [3.8, 4) is 10.7 Å². The van der Waals surface area contributed by atoms with Crippen molar-refractivity contribution in [2.45, 2.75) is 6.61 Å². The Balaban J connectivity index is 1.46. The molecule has 0 fully saturated rings. The van der Waals surface area contributed by atoms with Crippen molar-refractivity contribution < 1.29 is 19.0 Å². The number of non-ortho nitro benzene ring substituents is 1. The first-order chi connectivity index (χ1) is 12.6. The molecule has 0 aliphatic carbocycles. The van der Waals surface area contributed by atoms with Crippen LogP contribution >= 0.6 is 22.7 Å². The van der Waals surface area contributed by atoms with Gasteiger partial charge in [0.2, 0.25) is 5.82 Å². The van der Waals surface area contributed by atoms with Crippen LogP contribution in [-0.2, 0) is 11.3 Å². The summed E-state index contributed by atoms with van der Waals surface area (Å²) < 4.78 is 11.0. The summed E-state index contributed by atoms with van der Waals surface area (Å²) in [7, 11) is 0. The van der Waals surface area contributed by atoms with Crippen LogP contribution < -0.4 is 0 Å². The van der Waals surface area contributed by atoms with Crippen molar-refractivity contribution >= 4 is 44.4 Å². The number of benzene rings is 1. The first-order valence-electron chi connectivity index (χ1n) is 7.32. The maximum Gasteiger partial charge on any atom is 0.348 e. The molecular weight excluding hydrogens is 378 g/mol. The van der Waals surface area contributed by atoms with Gasteiger partial charge in [-0.1, -0.05) is 11.2 Å². The number of hydrogen-bond acceptors (Lipinski definition) is 9. The van der Waals surface area contributed by atoms with E-state index in [1.165, 1.54) is 34.8 Å². The van der Waals surface area contributed by atoms with E-state index in [0.717, 1.165) is 9.58 Å². The predicted molar refractivity (Wildman–Crippen MR) is 95.2 cm³/mol. The Morgan fingerprint density at radius 1 is 1.31 bits per heavy atom. The Hall–Kier alpha value is -3.11. The molecule has 130 valence electrons. The van der Waals surface area contributed by atoms with Gasteiger partial charge < -0.3 is 9.26 Å². The van der Waals surface area contributed by atoms with Gasteiger partial charge >= 0.3 is 5.97 Å². The molecule has 0 saturated carbocycles. The summed E-state index contributed by atoms with van der Waals surface area (Å²) in [6.07, 6.45) is 0. The molecule has 0 atom stereocenters. The number of aromatic nitrogens is 2. The Bertz CT molecular complexity index is 1100. The standard InChI is InChI=1S/C16H9N3O5S2/c20-16(13-7-9-6-10(19(21)22)3-4-11(9)26-13)23-8-14-17-15(18-24-14)12-2-1-5-25-12/h1-7H,8H2. The van der Waals surface area contributed by atoms with Crippen LogP contribution in [0.4, 0.5) is 5.69 Å². The third-order valence-corrected chi connectivity index (χ3v) is 5.41. The molecule has 0 saturated heterocycles. The number of hydrogen-bond donors (Lipinski definition) is 0. The Kier molecular flexibility index (Phi) is 4.19. The Morgan fingerprint density at radius 2 is 2.19 bits per heavy atom. The second-order valence-corrected chi connectivity index (χ2v) is 7.19. The summed E-state index contributed by atoms with van der Waals surface area (Å²) in [5.74, 6) is 0.0865. The molecule has 1 aromatic carbocycles. The highest BCUT2D eigenvalue weighted by molar-refractivity contribution is 7.20. The summed E-state index contributed by atoms with van der Waals surface area (Å²) in [5, 5.41) is 17.2. The number of esters is 1. The Morgan fingerprint density at radius 3 is 2.96 bits per heavy atom. The second kappa shape index (κ2) is 6.65. The molecule has 0 N–H and O–H groups in total. The minimum absolute atomic E-state index is 0.0258. The van der Waals surface area contributed by atoms with E-state index < -0.39 is 10.9 Å². The van der Waals surface area contributed by atoms with E-state index >= 15 is 0 Å². The maximum atomic E-state index is 12.2. The molecule has 4 rings (SSSR count). The molecule has 0 unspecified atom stereocenters. The van der Waals surface area contributed by atoms with Crippen molar-refractivity contribution in [2.75, 3.05) is 0 Å². The van der Waals surface area contributed by atoms with E-state index in [9.17, 15) is 14.9 Å². The van der Waals surface area contributed by atoms with Crippen molar-refractivity contribution in [2.24, 2.45) is 0 Å². The third-order valence-electron chi connectivity index (χ3n) is 3.45. The molecule has 4 aromatic rings. The van der Waals surface area contributed by atoms with E-state index in [2.05, 4.69) is 10.1 Å². The zero-order valence-corrected chi connectivity index (χ0v) is 14.6. The van der Waals surface area contributed by atoms with Gasteiger partial charge in [0, 0.05) is 22.2 Å². The minimum Gasteiger partial charge on any atom is -0.451 e. The molecule has 0 radical (unpaired) electrons. The molecule has 0 spiro atoms. The lowest BCUT2D eigenvalue weighted by atomic mass is 10.2. The summed E-state index contributed by atoms with van der Waals surface area (Å²) >= 11 is 2.68. The summed E-state index contributed by atoms with van der Waals surface area (Å²) in [5.41, 5.74) is -0.0258. The highest BCUT2D eigenvalue weighted by Crippen LogP contribution is 2.29. The van der Waals surface area contributed by atoms with Gasteiger partial charge in [0.1, 0.15) is 4.88 Å². The van der Waals surface area contributed by atoms with Crippen LogP contribution in [0.15, 0.2) is 46.3 Å². The highest BCUT2D eigenvalue weighted by atomic mass is 32.1. The zero-order valence-electron chi connectivity index (χ0n) is 12.9. The maximum absolute atomic E-state index is 12.2. The van der Waals surface area contributed by atoms with Gasteiger partial charge in [0.05, 0.1) is 9.80 Å². The van der Waals surface area contributed by atoms with Crippen LogP contribution in [0.5, 0.6) is 0 Å². The molecule has 0 aliphatic rings. The molecule has 3 aromatic heterocycles. The average Bonchev–Trinajstić information content (AvgIpc) is 3.38. The van der Waals surface area contributed by atoms with E-state index in [1.54, 1.807) is 12.1 Å². The fourth-order valence-electron chi connectivity index (χ4n) is 2.26. The fourth-order valence-corrected chi connectivity index (χ4v) is 3.85. The van der Waals surface area contributed by atoms with Crippen LogP contribution in [0.2, 0.25) is 0 Å². The zero-order chi connectivity index (χ0) is 18.1. The number of carbonyl (C=O) groups excluding carboxylic acids is 1. The largest absolute Gasteiger partial charge is 0.451 e. The molecular formula is C16H9N3O5S2. The van der Waals surface area contributed by atoms with Crippen LogP contribution in [0.1, 0.15) is 15.6 Å². The normalized spacial score (nSPS) is 10.9. The number of thiophene rings is 2. The van der Waals surface area contributed by atoms with Crippen LogP contribution in [0.25, 0.3) is 20.8 Å². The first-order valence-corrected chi connectivity index (χ1v) is 9.01. The van der Waals surface area contributed by atoms with E-state index in [-0.39, 0.29) is 18.2 Å². The predicted octanol–water partition coefficient (Wildman–Crippen LogP) is 4.28. The molecule has 8 nitrogen and oxygen atoms in total. The number of rotatable bonds is 5. The van der Waals surface area contributed by atoms with Gasteiger partial charge in [-0.25, -0.2) is 4.79 Å². The third kappa shape index (κ3) is 3.19. The van der Waals surface area contributed by atoms with E-state index in [1.807, 2.05) is 17.5 Å². The van der Waals surface area contributed by atoms with Crippen molar-refractivity contribution in [1.82, 2.24) is 10.1 Å². The summed E-state index contributed by atoms with van der Waals surface area (Å²) in [6.45, 7) is -0.147. The van der Waals surface area contributed by atoms with E-state index in [0.29, 0.717) is 16.1 Å². The van der Waals surface area contributed by atoms with Gasteiger partial charge in [0.15, 0.2) is 6.61 Å². The SMILES string of the molecule is O=C(OCc1nc(-c2cccs2)no1)c1cc2cc([N+](=O)[O-])ccc2s1. The molecule has 3 heterocycles. The second-order valence-electron chi connectivity index (χ2n) is 5.16. The van der Waals surface area contributed by atoms with Crippen molar-refractivity contribution in [1.29, 1.82) is 0 Å². The van der Waals surface area contributed by atoms with Gasteiger partial charge in [0.25, 0.3) is 11.6 Å². The lowest BCUT2D eigenvalue weighted by Crippen LogP contribution is -2.03. The highest BCUT2D eigenvalue weighted by Gasteiger charge is 2.16. The minimum atomic E-state index is -0.551. The average molecular weight is 387 g/mol. The van der Waals surface area contributed by atoms with Crippen LogP contribution in [0, 0.1) is 10.1 Å². The molecule has 0 bridgehead atoms. The van der Waals surface area contributed by atoms with Crippen molar-refractivity contribution in [3.05, 3.63) is 62.7 Å².